The van der Waals surface area contributed by atoms with E-state index in [1.54, 1.807) is 0 Å². The van der Waals surface area contributed by atoms with Gasteiger partial charge >= 0.3 is 0 Å². The molecule has 0 atom stereocenters. The van der Waals surface area contributed by atoms with Crippen LogP contribution in [0.1, 0.15) is 11.3 Å². The van der Waals surface area contributed by atoms with Gasteiger partial charge in [-0.05, 0) is 66.8 Å². The molecule has 0 saturated carbocycles. The largest absolute Gasteiger partial charge is 0.274 e. The first-order chi connectivity index (χ1) is 10.2. The molecular weight excluding hydrogens is 278 g/mol. The Morgan fingerprint density at radius 2 is 1.67 bits per heavy atom. The topological polar surface area (TPSA) is 43.8 Å². The summed E-state index contributed by atoms with van der Waals surface area (Å²) in [5.74, 6) is 0. The molecule has 3 aromatic rings. The summed E-state index contributed by atoms with van der Waals surface area (Å²) in [6.45, 7) is 4.10. The first kappa shape index (κ1) is 13.9. The van der Waals surface area contributed by atoms with Gasteiger partial charge in [-0.25, -0.2) is 4.68 Å². The number of benzene rings is 2. The Morgan fingerprint density at radius 3 is 2.29 bits per heavy atom. The van der Waals surface area contributed by atoms with E-state index >= 15 is 0 Å². The third-order valence-corrected chi connectivity index (χ3v) is 4.05. The summed E-state index contributed by atoms with van der Waals surface area (Å²) in [4.78, 5) is 1.06. The van der Waals surface area contributed by atoms with Crippen molar-refractivity contribution >= 4 is 11.9 Å². The van der Waals surface area contributed by atoms with Crippen molar-refractivity contribution < 1.29 is 0 Å². The van der Waals surface area contributed by atoms with E-state index < -0.39 is 0 Å². The van der Waals surface area contributed by atoms with Gasteiger partial charge in [0.2, 0.25) is 0 Å². The highest BCUT2D eigenvalue weighted by molar-refractivity contribution is 7.97. The zero-order valence-electron chi connectivity index (χ0n) is 12.1. The molecule has 1 heterocycles. The average molecular weight is 295 g/mol. The molecule has 21 heavy (non-hydrogen) atoms. The lowest BCUT2D eigenvalue weighted by molar-refractivity contribution is 0.856. The van der Waals surface area contributed by atoms with Gasteiger partial charge in [0.1, 0.15) is 0 Å². The Kier molecular flexibility index (Phi) is 3.82. The SMILES string of the molecule is Cc1ccn(-c2cc(-c3ccc(SN)cc3)ccc2C)n1. The number of hydrogen-bond donors (Lipinski definition) is 1. The van der Waals surface area contributed by atoms with Crippen LogP contribution in [-0.2, 0) is 0 Å². The second kappa shape index (κ2) is 5.76. The molecule has 1 aromatic heterocycles. The van der Waals surface area contributed by atoms with Gasteiger partial charge < -0.3 is 0 Å². The zero-order valence-corrected chi connectivity index (χ0v) is 12.9. The van der Waals surface area contributed by atoms with Crippen LogP contribution in [0.4, 0.5) is 0 Å². The summed E-state index contributed by atoms with van der Waals surface area (Å²) in [5.41, 5.74) is 5.69. The maximum absolute atomic E-state index is 5.57. The van der Waals surface area contributed by atoms with Gasteiger partial charge in [-0.3, -0.25) is 5.14 Å². The Labute approximate surface area is 128 Å². The molecule has 2 N–H and O–H groups in total. The van der Waals surface area contributed by atoms with Gasteiger partial charge in [-0.1, -0.05) is 24.3 Å². The molecule has 0 fully saturated rings. The lowest BCUT2D eigenvalue weighted by Gasteiger charge is -2.10. The molecule has 0 saturated heterocycles. The molecule has 3 nitrogen and oxygen atoms in total. The lowest BCUT2D eigenvalue weighted by atomic mass is 10.0. The molecule has 0 aliphatic heterocycles. The maximum Gasteiger partial charge on any atom is 0.0680 e. The van der Waals surface area contributed by atoms with Gasteiger partial charge in [0, 0.05) is 11.1 Å². The first-order valence-corrected chi connectivity index (χ1v) is 7.66. The van der Waals surface area contributed by atoms with Gasteiger partial charge in [0.05, 0.1) is 11.4 Å². The quantitative estimate of drug-likeness (QED) is 0.739. The van der Waals surface area contributed by atoms with Crippen molar-refractivity contribution in [2.45, 2.75) is 18.7 Å². The van der Waals surface area contributed by atoms with E-state index in [4.69, 9.17) is 5.14 Å². The highest BCUT2D eigenvalue weighted by atomic mass is 32.2. The lowest BCUT2D eigenvalue weighted by Crippen LogP contribution is -1.98. The first-order valence-electron chi connectivity index (χ1n) is 6.78. The van der Waals surface area contributed by atoms with Crippen LogP contribution < -0.4 is 5.14 Å². The van der Waals surface area contributed by atoms with E-state index in [1.807, 2.05) is 36.0 Å². The van der Waals surface area contributed by atoms with E-state index in [9.17, 15) is 0 Å². The molecule has 0 aliphatic rings. The Balaban J connectivity index is 2.04. The van der Waals surface area contributed by atoms with Crippen LogP contribution in [0.25, 0.3) is 16.8 Å². The van der Waals surface area contributed by atoms with Crippen LogP contribution in [0.15, 0.2) is 59.6 Å². The molecule has 0 amide bonds. The molecule has 0 spiro atoms. The minimum Gasteiger partial charge on any atom is -0.274 e. The van der Waals surface area contributed by atoms with Gasteiger partial charge in [-0.2, -0.15) is 5.10 Å². The Morgan fingerprint density at radius 1 is 0.952 bits per heavy atom. The van der Waals surface area contributed by atoms with Crippen molar-refractivity contribution in [3.05, 3.63) is 66.0 Å². The van der Waals surface area contributed by atoms with Crippen molar-refractivity contribution in [1.29, 1.82) is 0 Å². The fourth-order valence-electron chi connectivity index (χ4n) is 2.31. The fourth-order valence-corrected chi connectivity index (χ4v) is 2.60. The van der Waals surface area contributed by atoms with E-state index in [0.29, 0.717) is 0 Å². The minimum atomic E-state index is 1.02. The van der Waals surface area contributed by atoms with Crippen molar-refractivity contribution in [2.24, 2.45) is 5.14 Å². The summed E-state index contributed by atoms with van der Waals surface area (Å²) < 4.78 is 1.93. The van der Waals surface area contributed by atoms with E-state index in [2.05, 4.69) is 42.4 Å². The van der Waals surface area contributed by atoms with E-state index in [0.717, 1.165) is 16.3 Å². The molecule has 0 aliphatic carbocycles. The average Bonchev–Trinajstić information content (AvgIpc) is 2.94. The summed E-state index contributed by atoms with van der Waals surface area (Å²) in [6, 6.07) is 16.7. The molecular formula is C17H17N3S. The standard InChI is InChI=1S/C17H17N3S/c1-12-3-4-15(14-5-7-16(21-18)8-6-14)11-17(12)20-10-9-13(2)19-20/h3-11H,18H2,1-2H3. The van der Waals surface area contributed by atoms with Crippen molar-refractivity contribution in [3.8, 4) is 16.8 Å². The maximum atomic E-state index is 5.57. The van der Waals surface area contributed by atoms with Gasteiger partial charge in [0.25, 0.3) is 0 Å². The van der Waals surface area contributed by atoms with Crippen molar-refractivity contribution in [2.75, 3.05) is 0 Å². The minimum absolute atomic E-state index is 1.02. The number of hydrogen-bond acceptors (Lipinski definition) is 3. The molecule has 0 unspecified atom stereocenters. The summed E-state index contributed by atoms with van der Waals surface area (Å²) >= 11 is 1.26. The normalized spacial score (nSPS) is 10.8. The van der Waals surface area contributed by atoms with Crippen LogP contribution in [0, 0.1) is 13.8 Å². The number of nitrogens with zero attached hydrogens (tertiary/aromatic N) is 2. The van der Waals surface area contributed by atoms with Crippen LogP contribution >= 0.6 is 11.9 Å². The molecule has 0 bridgehead atoms. The second-order valence-electron chi connectivity index (χ2n) is 5.05. The fraction of sp³-hybridized carbons (Fsp3) is 0.118. The van der Waals surface area contributed by atoms with Crippen LogP contribution in [-0.4, -0.2) is 9.78 Å². The number of rotatable bonds is 3. The Bertz CT molecular complexity index is 760. The monoisotopic (exact) mass is 295 g/mol. The third-order valence-electron chi connectivity index (χ3n) is 3.50. The van der Waals surface area contributed by atoms with Gasteiger partial charge in [-0.15, -0.1) is 0 Å². The summed E-state index contributed by atoms with van der Waals surface area (Å²) in [5, 5.41) is 10.1. The summed E-state index contributed by atoms with van der Waals surface area (Å²) in [7, 11) is 0. The van der Waals surface area contributed by atoms with E-state index in [-0.39, 0.29) is 0 Å². The predicted molar refractivity (Wildman–Crippen MR) is 88.5 cm³/mol. The molecule has 4 heteroatoms. The van der Waals surface area contributed by atoms with E-state index in [1.165, 1.54) is 28.6 Å². The molecule has 106 valence electrons. The number of aryl methyl sites for hydroxylation is 2. The molecule has 3 rings (SSSR count). The third kappa shape index (κ3) is 2.86. The van der Waals surface area contributed by atoms with Crippen LogP contribution in [0.5, 0.6) is 0 Å². The highest BCUT2D eigenvalue weighted by Gasteiger charge is 2.06. The number of aromatic nitrogens is 2. The molecule has 2 aromatic carbocycles. The molecule has 0 radical (unpaired) electrons. The number of nitrogens with two attached hydrogens (primary N) is 1. The van der Waals surface area contributed by atoms with Gasteiger partial charge in [0.15, 0.2) is 0 Å². The smallest absolute Gasteiger partial charge is 0.0680 e. The van der Waals surface area contributed by atoms with Crippen LogP contribution in [0.2, 0.25) is 0 Å². The van der Waals surface area contributed by atoms with Crippen LogP contribution in [0.3, 0.4) is 0 Å². The van der Waals surface area contributed by atoms with Crippen molar-refractivity contribution in [1.82, 2.24) is 9.78 Å². The zero-order chi connectivity index (χ0) is 14.8. The second-order valence-corrected chi connectivity index (χ2v) is 5.75. The predicted octanol–water partition coefficient (Wildman–Crippen LogP) is 4.12. The Hall–Kier alpha value is -2.04. The van der Waals surface area contributed by atoms with Crippen molar-refractivity contribution in [3.63, 3.8) is 0 Å². The highest BCUT2D eigenvalue weighted by Crippen LogP contribution is 2.26. The summed E-state index contributed by atoms with van der Waals surface area (Å²) in [6.07, 6.45) is 2.00.